The monoisotopic (exact) mass is 330 g/mol. The summed E-state index contributed by atoms with van der Waals surface area (Å²) >= 11 is 1.82. The molecule has 118 valence electrons. The molecule has 2 rings (SSSR count). The van der Waals surface area contributed by atoms with E-state index in [1.807, 2.05) is 11.8 Å². The van der Waals surface area contributed by atoms with Gasteiger partial charge >= 0.3 is 0 Å². The number of sulfonamides is 1. The van der Waals surface area contributed by atoms with Crippen LogP contribution in [0.5, 0.6) is 5.75 Å². The van der Waals surface area contributed by atoms with Gasteiger partial charge in [0.15, 0.2) is 0 Å². The van der Waals surface area contributed by atoms with Crippen molar-refractivity contribution in [1.29, 1.82) is 0 Å². The van der Waals surface area contributed by atoms with Gasteiger partial charge in [-0.2, -0.15) is 11.8 Å². The SMILES string of the molecule is COc1cc(CN)ccc1S(=O)(=O)NCC1(C)CCCS1. The average molecular weight is 330 g/mol. The molecular weight excluding hydrogens is 308 g/mol. The number of nitrogens with one attached hydrogen (secondary N) is 1. The van der Waals surface area contributed by atoms with E-state index in [-0.39, 0.29) is 9.64 Å². The molecule has 1 unspecified atom stereocenters. The van der Waals surface area contributed by atoms with Crippen LogP contribution < -0.4 is 15.2 Å². The molecule has 1 atom stereocenters. The topological polar surface area (TPSA) is 81.4 Å². The third kappa shape index (κ3) is 3.91. The average Bonchev–Trinajstić information content (AvgIpc) is 2.92. The number of nitrogens with two attached hydrogens (primary N) is 1. The molecule has 7 heteroatoms. The molecule has 0 aliphatic carbocycles. The predicted octanol–water partition coefficient (Wildman–Crippen LogP) is 1.72. The van der Waals surface area contributed by atoms with Crippen molar-refractivity contribution in [1.82, 2.24) is 4.72 Å². The van der Waals surface area contributed by atoms with Crippen LogP contribution in [0.1, 0.15) is 25.3 Å². The lowest BCUT2D eigenvalue weighted by Crippen LogP contribution is -2.36. The zero-order valence-corrected chi connectivity index (χ0v) is 14.0. The van der Waals surface area contributed by atoms with Gasteiger partial charge in [0.1, 0.15) is 10.6 Å². The highest BCUT2D eigenvalue weighted by atomic mass is 32.2. The molecule has 21 heavy (non-hydrogen) atoms. The molecule has 5 nitrogen and oxygen atoms in total. The summed E-state index contributed by atoms with van der Waals surface area (Å²) in [5.41, 5.74) is 6.41. The van der Waals surface area contributed by atoms with Gasteiger partial charge in [0, 0.05) is 17.8 Å². The smallest absolute Gasteiger partial charge is 0.244 e. The molecule has 1 aromatic rings. The lowest BCUT2D eigenvalue weighted by molar-refractivity contribution is 0.401. The molecule has 0 amide bonds. The fourth-order valence-electron chi connectivity index (χ4n) is 2.36. The minimum Gasteiger partial charge on any atom is -0.495 e. The summed E-state index contributed by atoms with van der Waals surface area (Å²) in [4.78, 5) is 0.161. The Kier molecular flexibility index (Phi) is 5.19. The summed E-state index contributed by atoms with van der Waals surface area (Å²) in [7, 11) is -2.12. The zero-order valence-electron chi connectivity index (χ0n) is 12.4. The van der Waals surface area contributed by atoms with E-state index in [2.05, 4.69) is 11.6 Å². The number of hydrogen-bond acceptors (Lipinski definition) is 5. The maximum atomic E-state index is 12.5. The minimum atomic E-state index is -3.58. The van der Waals surface area contributed by atoms with Gasteiger partial charge in [0.05, 0.1) is 7.11 Å². The first-order valence-corrected chi connectivity index (χ1v) is 9.38. The predicted molar refractivity (Wildman–Crippen MR) is 86.2 cm³/mol. The van der Waals surface area contributed by atoms with E-state index in [0.29, 0.717) is 18.8 Å². The van der Waals surface area contributed by atoms with Crippen LogP contribution in [0.15, 0.2) is 23.1 Å². The van der Waals surface area contributed by atoms with Crippen molar-refractivity contribution in [3.05, 3.63) is 23.8 Å². The summed E-state index contributed by atoms with van der Waals surface area (Å²) in [6.45, 7) is 2.88. The van der Waals surface area contributed by atoms with E-state index < -0.39 is 10.0 Å². The fraction of sp³-hybridized carbons (Fsp3) is 0.571. The lowest BCUT2D eigenvalue weighted by Gasteiger charge is -2.23. The first-order valence-electron chi connectivity index (χ1n) is 6.91. The Morgan fingerprint density at radius 1 is 1.48 bits per heavy atom. The Morgan fingerprint density at radius 3 is 2.81 bits per heavy atom. The molecule has 0 radical (unpaired) electrons. The first kappa shape index (κ1) is 16.6. The van der Waals surface area contributed by atoms with Gasteiger partial charge < -0.3 is 10.5 Å². The first-order chi connectivity index (χ1) is 9.90. The highest BCUT2D eigenvalue weighted by Crippen LogP contribution is 2.37. The van der Waals surface area contributed by atoms with Gasteiger partial charge in [0.25, 0.3) is 0 Å². The van der Waals surface area contributed by atoms with Crippen molar-refractivity contribution in [2.75, 3.05) is 19.4 Å². The van der Waals surface area contributed by atoms with Crippen LogP contribution in [0, 0.1) is 0 Å². The molecule has 1 aliphatic heterocycles. The van der Waals surface area contributed by atoms with Crippen molar-refractivity contribution < 1.29 is 13.2 Å². The van der Waals surface area contributed by atoms with Gasteiger partial charge in [-0.15, -0.1) is 0 Å². The Labute approximate surface area is 130 Å². The molecule has 0 spiro atoms. The Morgan fingerprint density at radius 2 is 2.24 bits per heavy atom. The summed E-state index contributed by atoms with van der Waals surface area (Å²) in [6, 6.07) is 4.93. The van der Waals surface area contributed by atoms with Crippen LogP contribution in [0.25, 0.3) is 0 Å². The number of methoxy groups -OCH3 is 1. The zero-order chi connectivity index (χ0) is 15.5. The van der Waals surface area contributed by atoms with Crippen LogP contribution in [0.2, 0.25) is 0 Å². The molecule has 1 fully saturated rings. The number of thioether (sulfide) groups is 1. The quantitative estimate of drug-likeness (QED) is 0.830. The van der Waals surface area contributed by atoms with E-state index in [1.165, 1.54) is 7.11 Å². The van der Waals surface area contributed by atoms with Crippen LogP contribution in [-0.2, 0) is 16.6 Å². The fourth-order valence-corrected chi connectivity index (χ4v) is 5.02. The molecule has 0 bridgehead atoms. The highest BCUT2D eigenvalue weighted by molar-refractivity contribution is 8.01. The highest BCUT2D eigenvalue weighted by Gasteiger charge is 2.31. The number of rotatable bonds is 6. The second-order valence-electron chi connectivity index (χ2n) is 5.42. The third-order valence-electron chi connectivity index (χ3n) is 3.69. The van der Waals surface area contributed by atoms with Gasteiger partial charge in [-0.3, -0.25) is 0 Å². The van der Waals surface area contributed by atoms with Crippen LogP contribution >= 0.6 is 11.8 Å². The van der Waals surface area contributed by atoms with Crippen LogP contribution in [0.3, 0.4) is 0 Å². The molecular formula is C14H22N2O3S2. The van der Waals surface area contributed by atoms with E-state index in [4.69, 9.17) is 10.5 Å². The largest absolute Gasteiger partial charge is 0.495 e. The van der Waals surface area contributed by atoms with Crippen molar-refractivity contribution in [3.63, 3.8) is 0 Å². The van der Waals surface area contributed by atoms with Crippen molar-refractivity contribution >= 4 is 21.8 Å². The normalized spacial score (nSPS) is 22.4. The third-order valence-corrected chi connectivity index (χ3v) is 6.67. The molecule has 1 aliphatic rings. The summed E-state index contributed by atoms with van der Waals surface area (Å²) in [5.74, 6) is 1.42. The second kappa shape index (κ2) is 6.56. The van der Waals surface area contributed by atoms with Gasteiger partial charge in [-0.1, -0.05) is 6.07 Å². The Balaban J connectivity index is 2.19. The van der Waals surface area contributed by atoms with Crippen LogP contribution in [0.4, 0.5) is 0 Å². The summed E-state index contributed by atoms with van der Waals surface area (Å²) in [6.07, 6.45) is 2.17. The van der Waals surface area contributed by atoms with Crippen molar-refractivity contribution in [2.45, 2.75) is 36.0 Å². The van der Waals surface area contributed by atoms with Gasteiger partial charge in [0.2, 0.25) is 10.0 Å². The van der Waals surface area contributed by atoms with Crippen LogP contribution in [-0.4, -0.2) is 32.6 Å². The second-order valence-corrected chi connectivity index (χ2v) is 8.83. The lowest BCUT2D eigenvalue weighted by atomic mass is 10.1. The Hall–Kier alpha value is -0.760. The molecule has 3 N–H and O–H groups in total. The van der Waals surface area contributed by atoms with Crippen molar-refractivity contribution in [3.8, 4) is 5.75 Å². The number of hydrogen-bond donors (Lipinski definition) is 2. The molecule has 1 aromatic carbocycles. The number of ether oxygens (including phenoxy) is 1. The van der Waals surface area contributed by atoms with E-state index in [9.17, 15) is 8.42 Å². The maximum Gasteiger partial charge on any atom is 0.244 e. The van der Waals surface area contributed by atoms with Gasteiger partial charge in [-0.25, -0.2) is 13.1 Å². The summed E-state index contributed by atoms with van der Waals surface area (Å²) in [5, 5.41) is 0. The molecule has 0 aromatic heterocycles. The van der Waals surface area contributed by atoms with E-state index in [0.717, 1.165) is 24.2 Å². The minimum absolute atomic E-state index is 0.0164. The van der Waals surface area contributed by atoms with E-state index in [1.54, 1.807) is 18.2 Å². The summed E-state index contributed by atoms with van der Waals surface area (Å²) < 4.78 is 32.8. The van der Waals surface area contributed by atoms with Gasteiger partial charge in [-0.05, 0) is 43.2 Å². The molecule has 1 heterocycles. The van der Waals surface area contributed by atoms with Crippen molar-refractivity contribution in [2.24, 2.45) is 5.73 Å². The standard InChI is InChI=1S/C14H22N2O3S2/c1-14(6-3-7-20-14)10-16-21(17,18)13-5-4-11(9-15)8-12(13)19-2/h4-5,8,16H,3,6-7,9-10,15H2,1-2H3. The Bertz CT molecular complexity index is 596. The number of benzene rings is 1. The molecule has 1 saturated heterocycles. The van der Waals surface area contributed by atoms with E-state index >= 15 is 0 Å². The molecule has 0 saturated carbocycles. The maximum absolute atomic E-state index is 12.5.